The first kappa shape index (κ1) is 17.5. The highest BCUT2D eigenvalue weighted by atomic mass is 35.5. The zero-order chi connectivity index (χ0) is 17.6. The average molecular weight is 373 g/mol. The van der Waals surface area contributed by atoms with Crippen LogP contribution in [0, 0.1) is 0 Å². The first-order valence-electron chi connectivity index (χ1n) is 7.95. The van der Waals surface area contributed by atoms with Crippen molar-refractivity contribution in [1.29, 1.82) is 0 Å². The summed E-state index contributed by atoms with van der Waals surface area (Å²) in [5.41, 5.74) is 9.20. The topological polar surface area (TPSA) is 63.8 Å². The van der Waals surface area contributed by atoms with Crippen LogP contribution in [0.3, 0.4) is 0 Å². The molecule has 0 spiro atoms. The molecule has 0 fully saturated rings. The van der Waals surface area contributed by atoms with Gasteiger partial charge in [0.1, 0.15) is 5.82 Å². The summed E-state index contributed by atoms with van der Waals surface area (Å²) in [5.74, 6) is 0.995. The summed E-state index contributed by atoms with van der Waals surface area (Å²) in [4.78, 5) is 8.68. The molecule has 128 valence electrons. The van der Waals surface area contributed by atoms with Crippen LogP contribution in [0.15, 0.2) is 54.7 Å². The largest absolute Gasteiger partial charge is 0.383 e. The third kappa shape index (κ3) is 4.84. The fourth-order valence-corrected chi connectivity index (χ4v) is 2.79. The van der Waals surface area contributed by atoms with Crippen LogP contribution in [-0.2, 0) is 12.8 Å². The minimum absolute atomic E-state index is 0.461. The molecule has 0 radical (unpaired) electrons. The van der Waals surface area contributed by atoms with Crippen molar-refractivity contribution >= 4 is 35.0 Å². The van der Waals surface area contributed by atoms with E-state index in [9.17, 15) is 0 Å². The number of hydrogen-bond donors (Lipinski definition) is 2. The Morgan fingerprint density at radius 3 is 2.48 bits per heavy atom. The Balaban J connectivity index is 1.61. The van der Waals surface area contributed by atoms with Crippen molar-refractivity contribution in [1.82, 2.24) is 9.97 Å². The Hall–Kier alpha value is -2.30. The van der Waals surface area contributed by atoms with E-state index in [1.807, 2.05) is 30.3 Å². The number of halogens is 2. The Kier molecular flexibility index (Phi) is 5.74. The van der Waals surface area contributed by atoms with Gasteiger partial charge in [-0.05, 0) is 29.7 Å². The van der Waals surface area contributed by atoms with Crippen LogP contribution in [0.25, 0.3) is 0 Å². The van der Waals surface area contributed by atoms with Gasteiger partial charge < -0.3 is 11.1 Å². The van der Waals surface area contributed by atoms with E-state index < -0.39 is 0 Å². The fraction of sp³-hybridized carbons (Fsp3) is 0.158. The standard InChI is InChI=1S/C19H18Cl2N4/c20-16-7-6-14(11-17(16)21)10-15-12-24-19(25-18(15)22)23-9-8-13-4-2-1-3-5-13/h1-7,11-12H,8-10H2,(H3,22,23,24,25). The minimum Gasteiger partial charge on any atom is -0.383 e. The lowest BCUT2D eigenvalue weighted by Gasteiger charge is -2.09. The lowest BCUT2D eigenvalue weighted by atomic mass is 10.1. The number of rotatable bonds is 6. The van der Waals surface area contributed by atoms with Crippen molar-refractivity contribution in [3.05, 3.63) is 81.5 Å². The quantitative estimate of drug-likeness (QED) is 0.662. The molecule has 1 aromatic heterocycles. The molecule has 1 heterocycles. The molecule has 4 nitrogen and oxygen atoms in total. The first-order valence-corrected chi connectivity index (χ1v) is 8.70. The van der Waals surface area contributed by atoms with E-state index in [-0.39, 0.29) is 0 Å². The SMILES string of the molecule is Nc1nc(NCCc2ccccc2)ncc1Cc1ccc(Cl)c(Cl)c1. The zero-order valence-electron chi connectivity index (χ0n) is 13.5. The summed E-state index contributed by atoms with van der Waals surface area (Å²) in [7, 11) is 0. The number of anilines is 2. The van der Waals surface area contributed by atoms with Gasteiger partial charge in [-0.15, -0.1) is 0 Å². The second kappa shape index (κ2) is 8.19. The fourth-order valence-electron chi connectivity index (χ4n) is 2.47. The van der Waals surface area contributed by atoms with E-state index in [0.29, 0.717) is 28.2 Å². The van der Waals surface area contributed by atoms with Gasteiger partial charge in [-0.25, -0.2) is 4.98 Å². The van der Waals surface area contributed by atoms with Gasteiger partial charge in [0.15, 0.2) is 0 Å². The number of aromatic nitrogens is 2. The molecule has 25 heavy (non-hydrogen) atoms. The van der Waals surface area contributed by atoms with Gasteiger partial charge in [-0.2, -0.15) is 4.98 Å². The highest BCUT2D eigenvalue weighted by Crippen LogP contribution is 2.24. The predicted octanol–water partition coefficient (Wildman–Crippen LogP) is 4.61. The Labute approximate surface area is 157 Å². The van der Waals surface area contributed by atoms with Crippen molar-refractivity contribution in [3.63, 3.8) is 0 Å². The minimum atomic E-state index is 0.461. The molecule has 3 rings (SSSR count). The third-order valence-corrected chi connectivity index (χ3v) is 4.56. The zero-order valence-corrected chi connectivity index (χ0v) is 15.1. The molecular weight excluding hydrogens is 355 g/mol. The van der Waals surface area contributed by atoms with Gasteiger partial charge >= 0.3 is 0 Å². The van der Waals surface area contributed by atoms with Gasteiger partial charge in [0.25, 0.3) is 0 Å². The number of nitrogens with two attached hydrogens (primary N) is 1. The van der Waals surface area contributed by atoms with E-state index in [2.05, 4.69) is 27.4 Å². The summed E-state index contributed by atoms with van der Waals surface area (Å²) < 4.78 is 0. The number of hydrogen-bond acceptors (Lipinski definition) is 4. The highest BCUT2D eigenvalue weighted by molar-refractivity contribution is 6.42. The van der Waals surface area contributed by atoms with Gasteiger partial charge in [-0.1, -0.05) is 59.6 Å². The van der Waals surface area contributed by atoms with Gasteiger partial charge in [-0.3, -0.25) is 0 Å². The smallest absolute Gasteiger partial charge is 0.224 e. The maximum absolute atomic E-state index is 6.07. The summed E-state index contributed by atoms with van der Waals surface area (Å²) in [6.45, 7) is 0.746. The number of nitrogens with one attached hydrogen (secondary N) is 1. The highest BCUT2D eigenvalue weighted by Gasteiger charge is 2.07. The number of nitrogen functional groups attached to an aromatic ring is 1. The lowest BCUT2D eigenvalue weighted by molar-refractivity contribution is 0.977. The van der Waals surface area contributed by atoms with Crippen LogP contribution in [-0.4, -0.2) is 16.5 Å². The Bertz CT molecular complexity index is 853. The van der Waals surface area contributed by atoms with E-state index >= 15 is 0 Å². The monoisotopic (exact) mass is 372 g/mol. The van der Waals surface area contributed by atoms with Crippen molar-refractivity contribution in [2.45, 2.75) is 12.8 Å². The van der Waals surface area contributed by atoms with Crippen LogP contribution in [0.5, 0.6) is 0 Å². The van der Waals surface area contributed by atoms with Crippen LogP contribution >= 0.6 is 23.2 Å². The molecule has 3 N–H and O–H groups in total. The molecule has 0 bridgehead atoms. The third-order valence-electron chi connectivity index (χ3n) is 3.82. The molecule has 0 amide bonds. The summed E-state index contributed by atoms with van der Waals surface area (Å²) >= 11 is 12.0. The number of nitrogens with zero attached hydrogens (tertiary/aromatic N) is 2. The molecular formula is C19H18Cl2N4. The van der Waals surface area contributed by atoms with Gasteiger partial charge in [0.2, 0.25) is 5.95 Å². The molecule has 0 atom stereocenters. The van der Waals surface area contributed by atoms with Crippen molar-refractivity contribution in [3.8, 4) is 0 Å². The lowest BCUT2D eigenvalue weighted by Crippen LogP contribution is -2.10. The Morgan fingerprint density at radius 1 is 0.960 bits per heavy atom. The van der Waals surface area contributed by atoms with Crippen molar-refractivity contribution in [2.75, 3.05) is 17.6 Å². The average Bonchev–Trinajstić information content (AvgIpc) is 2.61. The van der Waals surface area contributed by atoms with E-state index in [1.54, 1.807) is 12.3 Å². The maximum atomic E-state index is 6.07. The van der Waals surface area contributed by atoms with Gasteiger partial charge in [0.05, 0.1) is 10.0 Å². The van der Waals surface area contributed by atoms with Crippen molar-refractivity contribution in [2.24, 2.45) is 0 Å². The van der Waals surface area contributed by atoms with Crippen molar-refractivity contribution < 1.29 is 0 Å². The van der Waals surface area contributed by atoms with E-state index in [4.69, 9.17) is 28.9 Å². The molecule has 0 aliphatic heterocycles. The molecule has 6 heteroatoms. The Morgan fingerprint density at radius 2 is 1.76 bits per heavy atom. The molecule has 3 aromatic rings. The molecule has 0 saturated carbocycles. The van der Waals surface area contributed by atoms with Crippen LogP contribution in [0.1, 0.15) is 16.7 Å². The van der Waals surface area contributed by atoms with Crippen LogP contribution in [0.2, 0.25) is 10.0 Å². The summed E-state index contributed by atoms with van der Waals surface area (Å²) in [6.07, 6.45) is 3.25. The first-order chi connectivity index (χ1) is 12.1. The molecule has 0 aliphatic rings. The van der Waals surface area contributed by atoms with E-state index in [1.165, 1.54) is 5.56 Å². The van der Waals surface area contributed by atoms with Crippen LogP contribution < -0.4 is 11.1 Å². The second-order valence-corrected chi connectivity index (χ2v) is 6.51. The maximum Gasteiger partial charge on any atom is 0.224 e. The summed E-state index contributed by atoms with van der Waals surface area (Å²) in [6, 6.07) is 15.8. The molecule has 0 aliphatic carbocycles. The second-order valence-electron chi connectivity index (χ2n) is 5.69. The normalized spacial score (nSPS) is 10.6. The van der Waals surface area contributed by atoms with E-state index in [0.717, 1.165) is 24.1 Å². The van der Waals surface area contributed by atoms with Gasteiger partial charge in [0, 0.05) is 24.7 Å². The number of benzene rings is 2. The summed E-state index contributed by atoms with van der Waals surface area (Å²) in [5, 5.41) is 4.26. The predicted molar refractivity (Wildman–Crippen MR) is 104 cm³/mol. The molecule has 0 unspecified atom stereocenters. The molecule has 0 saturated heterocycles. The molecule has 2 aromatic carbocycles. The van der Waals surface area contributed by atoms with Crippen LogP contribution in [0.4, 0.5) is 11.8 Å².